The van der Waals surface area contributed by atoms with Crippen molar-refractivity contribution in [1.29, 1.82) is 0 Å². The van der Waals surface area contributed by atoms with Gasteiger partial charge in [-0.3, -0.25) is 9.59 Å². The predicted molar refractivity (Wildman–Crippen MR) is 77.1 cm³/mol. The number of rotatable bonds is 5. The standard InChI is InChI=1S/C14H21O12/c15-5-2-25-13(11(21)9(5)19)14(23)4-26-6(10(20)12(14)22)3-24-8(18)1-7(16)17/h4-6,9-13,15,19-23H,1-3H2,(H,16,17)/t5-,6-,9+,10-,11-,12+,13-,14+/m1/s1. The number of carboxylic acid groups (broad SMARTS) is 1. The summed E-state index contributed by atoms with van der Waals surface area (Å²) in [7, 11) is 0. The number of carboxylic acids is 1. The van der Waals surface area contributed by atoms with Gasteiger partial charge in [-0.1, -0.05) is 0 Å². The van der Waals surface area contributed by atoms with E-state index >= 15 is 0 Å². The second-order valence-corrected chi connectivity index (χ2v) is 6.17. The molecule has 2 saturated heterocycles. The highest BCUT2D eigenvalue weighted by atomic mass is 16.6. The van der Waals surface area contributed by atoms with E-state index in [4.69, 9.17) is 14.6 Å². The molecule has 0 aliphatic carbocycles. The molecule has 2 fully saturated rings. The number of carbonyl (C=O) groups is 2. The third-order valence-corrected chi connectivity index (χ3v) is 4.27. The Labute approximate surface area is 147 Å². The second-order valence-electron chi connectivity index (χ2n) is 6.17. The first-order valence-corrected chi connectivity index (χ1v) is 7.69. The highest BCUT2D eigenvalue weighted by Crippen LogP contribution is 2.36. The molecular weight excluding hydrogens is 360 g/mol. The monoisotopic (exact) mass is 381 g/mol. The van der Waals surface area contributed by atoms with Gasteiger partial charge < -0.3 is 50.0 Å². The molecule has 2 rings (SSSR count). The van der Waals surface area contributed by atoms with Crippen LogP contribution in [0.1, 0.15) is 6.42 Å². The lowest BCUT2D eigenvalue weighted by atomic mass is 9.79. The number of ether oxygens (including phenoxy) is 3. The van der Waals surface area contributed by atoms with Gasteiger partial charge in [-0.05, 0) is 0 Å². The van der Waals surface area contributed by atoms with Crippen LogP contribution < -0.4 is 0 Å². The van der Waals surface area contributed by atoms with Crippen LogP contribution in [-0.4, -0.2) is 109 Å². The maximum absolute atomic E-state index is 11.2. The molecule has 1 radical (unpaired) electrons. The predicted octanol–water partition coefficient (Wildman–Crippen LogP) is -4.50. The summed E-state index contributed by atoms with van der Waals surface area (Å²) in [4.78, 5) is 21.6. The molecular formula is C14H21O12. The Kier molecular flexibility index (Phi) is 6.52. The van der Waals surface area contributed by atoms with E-state index in [1.54, 1.807) is 0 Å². The fourth-order valence-electron chi connectivity index (χ4n) is 2.76. The van der Waals surface area contributed by atoms with E-state index in [0.29, 0.717) is 6.61 Å². The molecule has 0 aromatic carbocycles. The van der Waals surface area contributed by atoms with Gasteiger partial charge in [0, 0.05) is 0 Å². The van der Waals surface area contributed by atoms with Crippen LogP contribution in [0.25, 0.3) is 0 Å². The summed E-state index contributed by atoms with van der Waals surface area (Å²) in [6.07, 6.45) is -12.5. The smallest absolute Gasteiger partial charge is 0.317 e. The van der Waals surface area contributed by atoms with Crippen molar-refractivity contribution in [2.75, 3.05) is 13.2 Å². The van der Waals surface area contributed by atoms with Gasteiger partial charge >= 0.3 is 11.9 Å². The SMILES string of the molecule is O=C(O)CC(=O)OC[C@H]1O[CH][C@@](O)([C@@H]2OC[C@@H](O)[C@H](O)[C@H]2O)[C@@H](O)[C@@H]1O. The van der Waals surface area contributed by atoms with Crippen LogP contribution in [0.2, 0.25) is 0 Å². The summed E-state index contributed by atoms with van der Waals surface area (Å²) in [5, 5.41) is 68.4. The van der Waals surface area contributed by atoms with Gasteiger partial charge in [0.15, 0.2) is 5.60 Å². The van der Waals surface area contributed by atoms with Gasteiger partial charge in [0.05, 0.1) is 6.61 Å². The largest absolute Gasteiger partial charge is 0.481 e. The zero-order chi connectivity index (χ0) is 19.6. The first kappa shape index (κ1) is 20.9. The molecule has 0 unspecified atom stereocenters. The Bertz CT molecular complexity index is 526. The van der Waals surface area contributed by atoms with Crippen LogP contribution in [0.15, 0.2) is 0 Å². The van der Waals surface area contributed by atoms with E-state index in [9.17, 15) is 40.2 Å². The number of aliphatic hydroxyl groups excluding tert-OH is 5. The molecule has 12 heteroatoms. The zero-order valence-electron chi connectivity index (χ0n) is 13.4. The molecule has 0 saturated carbocycles. The number of hydrogen-bond acceptors (Lipinski definition) is 11. The van der Waals surface area contributed by atoms with Crippen LogP contribution >= 0.6 is 0 Å². The number of esters is 1. The Morgan fingerprint density at radius 1 is 1.12 bits per heavy atom. The fourth-order valence-corrected chi connectivity index (χ4v) is 2.76. The molecule has 0 aromatic heterocycles. The van der Waals surface area contributed by atoms with Crippen molar-refractivity contribution in [2.45, 2.75) is 54.7 Å². The molecule has 8 atom stereocenters. The molecule has 2 aliphatic rings. The second kappa shape index (κ2) is 8.10. The normalized spacial score (nSPS) is 43.7. The van der Waals surface area contributed by atoms with Crippen molar-refractivity contribution in [1.82, 2.24) is 0 Å². The molecule has 0 aromatic rings. The van der Waals surface area contributed by atoms with E-state index in [-0.39, 0.29) is 0 Å². The van der Waals surface area contributed by atoms with Gasteiger partial charge in [0.1, 0.15) is 62.4 Å². The molecule has 12 nitrogen and oxygen atoms in total. The number of aliphatic carboxylic acids is 1. The highest BCUT2D eigenvalue weighted by Gasteiger charge is 2.58. The van der Waals surface area contributed by atoms with Crippen molar-refractivity contribution >= 4 is 11.9 Å². The van der Waals surface area contributed by atoms with E-state index in [0.717, 1.165) is 0 Å². The number of carbonyl (C=O) groups excluding carboxylic acids is 1. The van der Waals surface area contributed by atoms with Crippen LogP contribution in [-0.2, 0) is 23.8 Å². The van der Waals surface area contributed by atoms with E-state index in [1.165, 1.54) is 0 Å². The fraction of sp³-hybridized carbons (Fsp3) is 0.786. The van der Waals surface area contributed by atoms with Gasteiger partial charge in [-0.2, -0.15) is 0 Å². The minimum absolute atomic E-state index is 0.446. The third kappa shape index (κ3) is 4.13. The topological polar surface area (TPSA) is 203 Å². The van der Waals surface area contributed by atoms with Crippen molar-refractivity contribution in [3.8, 4) is 0 Å². The van der Waals surface area contributed by atoms with Gasteiger partial charge in [-0.15, -0.1) is 0 Å². The average molecular weight is 381 g/mol. The van der Waals surface area contributed by atoms with Gasteiger partial charge in [0.2, 0.25) is 0 Å². The summed E-state index contributed by atoms with van der Waals surface area (Å²) in [6, 6.07) is 0. The quantitative estimate of drug-likeness (QED) is 0.178. The molecule has 2 aliphatic heterocycles. The molecule has 7 N–H and O–H groups in total. The summed E-state index contributed by atoms with van der Waals surface area (Å²) in [5.41, 5.74) is -2.44. The summed E-state index contributed by atoms with van der Waals surface area (Å²) < 4.78 is 14.7. The van der Waals surface area contributed by atoms with Crippen molar-refractivity contribution < 1.29 is 59.5 Å². The van der Waals surface area contributed by atoms with E-state index < -0.39 is 79.9 Å². The van der Waals surface area contributed by atoms with Gasteiger partial charge in [-0.25, -0.2) is 0 Å². The maximum atomic E-state index is 11.2. The summed E-state index contributed by atoms with van der Waals surface area (Å²) in [6.45, 7) is -0.386. The average Bonchev–Trinajstić information content (AvgIpc) is 2.56. The van der Waals surface area contributed by atoms with Crippen LogP contribution in [0.4, 0.5) is 0 Å². The van der Waals surface area contributed by atoms with E-state index in [1.807, 2.05) is 0 Å². The maximum Gasteiger partial charge on any atom is 0.317 e. The lowest BCUT2D eigenvalue weighted by Crippen LogP contribution is -2.70. The van der Waals surface area contributed by atoms with Gasteiger partial charge in [0.25, 0.3) is 0 Å². The Hall–Kier alpha value is -1.38. The first-order chi connectivity index (χ1) is 12.1. The third-order valence-electron chi connectivity index (χ3n) is 4.27. The van der Waals surface area contributed by atoms with Crippen molar-refractivity contribution in [2.24, 2.45) is 0 Å². The van der Waals surface area contributed by atoms with Crippen LogP contribution in [0, 0.1) is 6.61 Å². The lowest BCUT2D eigenvalue weighted by molar-refractivity contribution is -0.290. The minimum Gasteiger partial charge on any atom is -0.481 e. The molecule has 2 heterocycles. The highest BCUT2D eigenvalue weighted by molar-refractivity contribution is 5.90. The first-order valence-electron chi connectivity index (χ1n) is 7.69. The van der Waals surface area contributed by atoms with Crippen LogP contribution in [0.3, 0.4) is 0 Å². The number of hydrogen-bond donors (Lipinski definition) is 7. The lowest BCUT2D eigenvalue weighted by Gasteiger charge is -2.49. The molecule has 0 amide bonds. The molecule has 0 bridgehead atoms. The van der Waals surface area contributed by atoms with E-state index in [2.05, 4.69) is 4.74 Å². The van der Waals surface area contributed by atoms with Crippen LogP contribution in [0.5, 0.6) is 0 Å². The molecule has 26 heavy (non-hydrogen) atoms. The van der Waals surface area contributed by atoms with Crippen molar-refractivity contribution in [3.63, 3.8) is 0 Å². The Balaban J connectivity index is 2.00. The Morgan fingerprint density at radius 3 is 2.38 bits per heavy atom. The zero-order valence-corrected chi connectivity index (χ0v) is 13.4. The van der Waals surface area contributed by atoms with Crippen molar-refractivity contribution in [3.05, 3.63) is 6.61 Å². The summed E-state index contributed by atoms with van der Waals surface area (Å²) >= 11 is 0. The molecule has 0 spiro atoms. The summed E-state index contributed by atoms with van der Waals surface area (Å²) in [5.74, 6) is -2.50. The minimum atomic E-state index is -2.44. The molecule has 149 valence electrons. The Morgan fingerprint density at radius 2 is 1.77 bits per heavy atom. The number of aliphatic hydroxyl groups is 6.